The minimum absolute atomic E-state index is 0.269. The largest absolute Gasteiger partial charge is 0.462 e. The van der Waals surface area contributed by atoms with E-state index in [1.54, 1.807) is 0 Å². The van der Waals surface area contributed by atoms with Crippen molar-refractivity contribution >= 4 is 25.2 Å². The Kier molecular flexibility index (Phi) is 5.25. The van der Waals surface area contributed by atoms with Gasteiger partial charge in [-0.1, -0.05) is 6.58 Å². The lowest BCUT2D eigenvalue weighted by atomic mass is 10.5. The van der Waals surface area contributed by atoms with Crippen LogP contribution in [-0.2, 0) is 14.1 Å². The predicted molar refractivity (Wildman–Crippen MR) is 47.7 cm³/mol. The van der Waals surface area contributed by atoms with Crippen LogP contribution in [0.25, 0.3) is 0 Å². The van der Waals surface area contributed by atoms with Gasteiger partial charge in [-0.15, -0.1) is 11.6 Å². The number of rotatable bonds is 5. The number of carbonyl (C=O) groups is 1. The van der Waals surface area contributed by atoms with Crippen molar-refractivity contribution in [1.29, 1.82) is 0 Å². The van der Waals surface area contributed by atoms with Crippen LogP contribution in [-0.4, -0.2) is 33.9 Å². The second-order valence-electron chi connectivity index (χ2n) is 2.23. The molecule has 0 aliphatic rings. The highest BCUT2D eigenvalue weighted by Gasteiger charge is 2.28. The standard InChI is InChI=1S/C6H10ClO5P/c1-2-6(8)12-4-5(3-7)13(9,10)11/h2,5H,1,3-4H2,(H2,9,10,11). The lowest BCUT2D eigenvalue weighted by Gasteiger charge is -2.14. The Balaban J connectivity index is 4.08. The van der Waals surface area contributed by atoms with Crippen molar-refractivity contribution in [3.05, 3.63) is 12.7 Å². The molecule has 0 amide bonds. The summed E-state index contributed by atoms with van der Waals surface area (Å²) in [6.45, 7) is 2.72. The quantitative estimate of drug-likeness (QED) is 0.310. The smallest absolute Gasteiger partial charge is 0.333 e. The van der Waals surface area contributed by atoms with E-state index in [0.29, 0.717) is 0 Å². The van der Waals surface area contributed by atoms with E-state index in [0.717, 1.165) is 6.08 Å². The maximum atomic E-state index is 10.7. The molecule has 76 valence electrons. The van der Waals surface area contributed by atoms with E-state index < -0.39 is 25.8 Å². The van der Waals surface area contributed by atoms with Crippen LogP contribution in [0, 0.1) is 0 Å². The van der Waals surface area contributed by atoms with Crippen molar-refractivity contribution in [1.82, 2.24) is 0 Å². The average molecular weight is 229 g/mol. The molecule has 2 N–H and O–H groups in total. The fourth-order valence-electron chi connectivity index (χ4n) is 0.469. The molecule has 0 bridgehead atoms. The highest BCUT2D eigenvalue weighted by Crippen LogP contribution is 2.41. The molecule has 0 fully saturated rings. The lowest BCUT2D eigenvalue weighted by molar-refractivity contribution is -0.137. The summed E-state index contributed by atoms with van der Waals surface area (Å²) in [7, 11) is -4.29. The molecule has 0 saturated heterocycles. The summed E-state index contributed by atoms with van der Waals surface area (Å²) in [6.07, 6.45) is 0.908. The molecule has 0 aromatic rings. The minimum atomic E-state index is -4.29. The van der Waals surface area contributed by atoms with Crippen LogP contribution in [0.1, 0.15) is 0 Å². The molecule has 0 aliphatic heterocycles. The molecule has 7 heteroatoms. The van der Waals surface area contributed by atoms with Gasteiger partial charge in [-0.3, -0.25) is 4.57 Å². The molecule has 0 aromatic carbocycles. The van der Waals surface area contributed by atoms with Gasteiger partial charge < -0.3 is 14.5 Å². The van der Waals surface area contributed by atoms with E-state index in [9.17, 15) is 9.36 Å². The van der Waals surface area contributed by atoms with Gasteiger partial charge in [0.25, 0.3) is 0 Å². The maximum absolute atomic E-state index is 10.7. The van der Waals surface area contributed by atoms with Crippen LogP contribution in [0.15, 0.2) is 12.7 Å². The highest BCUT2D eigenvalue weighted by molar-refractivity contribution is 7.52. The third kappa shape index (κ3) is 5.05. The van der Waals surface area contributed by atoms with Crippen LogP contribution in [0.2, 0.25) is 0 Å². The monoisotopic (exact) mass is 228 g/mol. The summed E-state index contributed by atoms with van der Waals surface area (Å²) in [5, 5.41) is 0. The number of hydrogen-bond acceptors (Lipinski definition) is 3. The Morgan fingerprint density at radius 2 is 2.23 bits per heavy atom. The van der Waals surface area contributed by atoms with Crippen molar-refractivity contribution in [3.63, 3.8) is 0 Å². The number of alkyl halides is 1. The normalized spacial score (nSPS) is 13.5. The Bertz CT molecular complexity index is 235. The van der Waals surface area contributed by atoms with Crippen LogP contribution in [0.3, 0.4) is 0 Å². The third-order valence-electron chi connectivity index (χ3n) is 1.24. The van der Waals surface area contributed by atoms with E-state index in [4.69, 9.17) is 21.4 Å². The minimum Gasteiger partial charge on any atom is -0.462 e. The predicted octanol–water partition coefficient (Wildman–Crippen LogP) is 0.501. The third-order valence-corrected chi connectivity index (χ3v) is 3.11. The molecule has 0 spiro atoms. The Morgan fingerprint density at radius 1 is 1.69 bits per heavy atom. The summed E-state index contributed by atoms with van der Waals surface area (Å²) in [5.74, 6) is -1.00. The molecule has 0 radical (unpaired) electrons. The second-order valence-corrected chi connectivity index (χ2v) is 4.45. The van der Waals surface area contributed by atoms with Gasteiger partial charge in [0.2, 0.25) is 0 Å². The summed E-state index contributed by atoms with van der Waals surface area (Å²) in [4.78, 5) is 27.9. The van der Waals surface area contributed by atoms with Crippen molar-refractivity contribution in [2.45, 2.75) is 5.66 Å². The van der Waals surface area contributed by atoms with Gasteiger partial charge in [0.05, 0.1) is 0 Å². The van der Waals surface area contributed by atoms with Gasteiger partial charge in [0, 0.05) is 12.0 Å². The van der Waals surface area contributed by atoms with Gasteiger partial charge >= 0.3 is 13.6 Å². The molecule has 13 heavy (non-hydrogen) atoms. The number of hydrogen-bond donors (Lipinski definition) is 2. The average Bonchev–Trinajstić information content (AvgIpc) is 2.02. The fourth-order valence-corrected chi connectivity index (χ4v) is 1.55. The number of ether oxygens (including phenoxy) is 1. The zero-order chi connectivity index (χ0) is 10.5. The maximum Gasteiger partial charge on any atom is 0.333 e. The van der Waals surface area contributed by atoms with E-state index in [1.165, 1.54) is 0 Å². The summed E-state index contributed by atoms with van der Waals surface area (Å²) in [5.41, 5.74) is -1.15. The van der Waals surface area contributed by atoms with Crippen LogP contribution in [0.5, 0.6) is 0 Å². The van der Waals surface area contributed by atoms with Crippen molar-refractivity contribution in [2.75, 3.05) is 12.5 Å². The molecule has 1 unspecified atom stereocenters. The molecule has 1 atom stereocenters. The molecular weight excluding hydrogens is 218 g/mol. The first-order chi connectivity index (χ1) is 5.91. The number of halogens is 1. The number of esters is 1. The van der Waals surface area contributed by atoms with E-state index in [1.807, 2.05) is 0 Å². The molecule has 0 saturated carbocycles. The van der Waals surface area contributed by atoms with Gasteiger partial charge in [-0.2, -0.15) is 0 Å². The second kappa shape index (κ2) is 5.40. The Hall–Kier alpha value is -0.350. The van der Waals surface area contributed by atoms with E-state index >= 15 is 0 Å². The molecule has 0 heterocycles. The van der Waals surface area contributed by atoms with Gasteiger partial charge in [-0.05, 0) is 0 Å². The highest BCUT2D eigenvalue weighted by atomic mass is 35.5. The number of carbonyl (C=O) groups excluding carboxylic acids is 1. The first-order valence-corrected chi connectivity index (χ1v) is 5.53. The first kappa shape index (κ1) is 12.7. The first-order valence-electron chi connectivity index (χ1n) is 3.32. The van der Waals surface area contributed by atoms with Crippen LogP contribution in [0.4, 0.5) is 0 Å². The fraction of sp³-hybridized carbons (Fsp3) is 0.500. The van der Waals surface area contributed by atoms with Crippen LogP contribution < -0.4 is 0 Å². The topological polar surface area (TPSA) is 83.8 Å². The van der Waals surface area contributed by atoms with E-state index in [2.05, 4.69) is 11.3 Å². The zero-order valence-corrected chi connectivity index (χ0v) is 8.37. The van der Waals surface area contributed by atoms with Crippen molar-refractivity contribution < 1.29 is 23.9 Å². The van der Waals surface area contributed by atoms with Crippen molar-refractivity contribution in [2.24, 2.45) is 0 Å². The summed E-state index contributed by atoms with van der Waals surface area (Å²) >= 11 is 5.27. The molecule has 0 rings (SSSR count). The van der Waals surface area contributed by atoms with Gasteiger partial charge in [-0.25, -0.2) is 4.79 Å². The molecule has 0 aromatic heterocycles. The van der Waals surface area contributed by atoms with Gasteiger partial charge in [0.15, 0.2) is 0 Å². The molecular formula is C6H10ClO5P. The molecule has 0 aliphatic carbocycles. The summed E-state index contributed by atoms with van der Waals surface area (Å²) in [6, 6.07) is 0. The lowest BCUT2D eigenvalue weighted by Crippen LogP contribution is -2.19. The Labute approximate surface area is 80.5 Å². The zero-order valence-electron chi connectivity index (χ0n) is 6.72. The van der Waals surface area contributed by atoms with Crippen molar-refractivity contribution in [3.8, 4) is 0 Å². The van der Waals surface area contributed by atoms with Crippen LogP contribution >= 0.6 is 19.2 Å². The summed E-state index contributed by atoms with van der Waals surface area (Å²) < 4.78 is 15.1. The Morgan fingerprint density at radius 3 is 2.54 bits per heavy atom. The van der Waals surface area contributed by atoms with E-state index in [-0.39, 0.29) is 5.88 Å². The SMILES string of the molecule is C=CC(=O)OCC(CCl)P(=O)(O)O. The van der Waals surface area contributed by atoms with Gasteiger partial charge in [0.1, 0.15) is 12.3 Å². The molecule has 5 nitrogen and oxygen atoms in total.